The van der Waals surface area contributed by atoms with Gasteiger partial charge in [0.15, 0.2) is 6.61 Å². The van der Waals surface area contributed by atoms with Crippen LogP contribution in [0.2, 0.25) is 0 Å². The Morgan fingerprint density at radius 3 is 2.46 bits per heavy atom. The average molecular weight is 382 g/mol. The SMILES string of the molecule is CCC(C)c1ccc(OCC(=O)NNC(=O)C=Cc2ccccc2OC)cc1. The molecule has 2 amide bonds. The van der Waals surface area contributed by atoms with Crippen molar-refractivity contribution in [3.05, 3.63) is 65.7 Å². The van der Waals surface area contributed by atoms with Gasteiger partial charge < -0.3 is 9.47 Å². The van der Waals surface area contributed by atoms with E-state index in [2.05, 4.69) is 24.7 Å². The molecule has 2 rings (SSSR count). The van der Waals surface area contributed by atoms with Crippen LogP contribution in [0.3, 0.4) is 0 Å². The van der Waals surface area contributed by atoms with Crippen molar-refractivity contribution in [3.63, 3.8) is 0 Å². The van der Waals surface area contributed by atoms with Gasteiger partial charge in [0, 0.05) is 11.6 Å². The van der Waals surface area contributed by atoms with Crippen molar-refractivity contribution < 1.29 is 19.1 Å². The summed E-state index contributed by atoms with van der Waals surface area (Å²) in [5.74, 6) is 0.826. The largest absolute Gasteiger partial charge is 0.496 e. The van der Waals surface area contributed by atoms with Crippen molar-refractivity contribution in [2.75, 3.05) is 13.7 Å². The summed E-state index contributed by atoms with van der Waals surface area (Å²) in [4.78, 5) is 23.7. The molecule has 6 heteroatoms. The smallest absolute Gasteiger partial charge is 0.276 e. The Morgan fingerprint density at radius 2 is 1.79 bits per heavy atom. The fourth-order valence-electron chi connectivity index (χ4n) is 2.46. The number of carbonyl (C=O) groups is 2. The van der Waals surface area contributed by atoms with Gasteiger partial charge in [0.2, 0.25) is 0 Å². The molecule has 0 aliphatic rings. The molecule has 0 spiro atoms. The second-order valence-electron chi connectivity index (χ2n) is 6.28. The number of ether oxygens (including phenoxy) is 2. The summed E-state index contributed by atoms with van der Waals surface area (Å²) in [6.07, 6.45) is 3.98. The molecule has 0 aliphatic heterocycles. The molecule has 1 atom stereocenters. The molecule has 0 aromatic heterocycles. The molecule has 148 valence electrons. The van der Waals surface area contributed by atoms with E-state index in [9.17, 15) is 9.59 Å². The molecule has 28 heavy (non-hydrogen) atoms. The van der Waals surface area contributed by atoms with E-state index in [0.29, 0.717) is 17.4 Å². The standard InChI is InChI=1S/C22H26N2O4/c1-4-16(2)17-9-12-19(13-10-17)28-15-22(26)24-23-21(25)14-11-18-7-5-6-8-20(18)27-3/h5-14,16H,4,15H2,1-3H3,(H,23,25)(H,24,26). The van der Waals surface area contributed by atoms with E-state index in [1.165, 1.54) is 11.6 Å². The first kappa shape index (κ1) is 21.0. The molecule has 0 heterocycles. The molecular formula is C22H26N2O4. The number of hydrazine groups is 1. The van der Waals surface area contributed by atoms with Crippen molar-refractivity contribution in [3.8, 4) is 11.5 Å². The van der Waals surface area contributed by atoms with Crippen LogP contribution in [0.25, 0.3) is 6.08 Å². The van der Waals surface area contributed by atoms with E-state index in [1.54, 1.807) is 19.3 Å². The van der Waals surface area contributed by atoms with Gasteiger partial charge in [-0.2, -0.15) is 0 Å². The van der Waals surface area contributed by atoms with Gasteiger partial charge in [-0.3, -0.25) is 20.4 Å². The first-order valence-corrected chi connectivity index (χ1v) is 9.16. The van der Waals surface area contributed by atoms with Crippen LogP contribution in [0, 0.1) is 0 Å². The second-order valence-corrected chi connectivity index (χ2v) is 6.28. The summed E-state index contributed by atoms with van der Waals surface area (Å²) in [6.45, 7) is 4.10. The quantitative estimate of drug-likeness (QED) is 0.542. The molecule has 0 saturated carbocycles. The van der Waals surface area contributed by atoms with Crippen molar-refractivity contribution in [2.45, 2.75) is 26.2 Å². The fraction of sp³-hybridized carbons (Fsp3) is 0.273. The fourth-order valence-corrected chi connectivity index (χ4v) is 2.46. The number of carbonyl (C=O) groups excluding carboxylic acids is 2. The number of hydrogen-bond donors (Lipinski definition) is 2. The molecule has 2 N–H and O–H groups in total. The van der Waals surface area contributed by atoms with Crippen LogP contribution in [0.4, 0.5) is 0 Å². The maximum atomic E-state index is 11.8. The van der Waals surface area contributed by atoms with E-state index in [4.69, 9.17) is 9.47 Å². The minimum Gasteiger partial charge on any atom is -0.496 e. The van der Waals surface area contributed by atoms with Gasteiger partial charge in [-0.1, -0.05) is 44.2 Å². The third-order valence-electron chi connectivity index (χ3n) is 4.31. The zero-order chi connectivity index (χ0) is 20.4. The van der Waals surface area contributed by atoms with Gasteiger partial charge in [0.25, 0.3) is 11.8 Å². The van der Waals surface area contributed by atoms with E-state index < -0.39 is 11.8 Å². The van der Waals surface area contributed by atoms with Crippen LogP contribution in [0.1, 0.15) is 37.3 Å². The highest BCUT2D eigenvalue weighted by Gasteiger charge is 2.06. The number of hydrogen-bond acceptors (Lipinski definition) is 4. The van der Waals surface area contributed by atoms with Crippen molar-refractivity contribution >= 4 is 17.9 Å². The highest BCUT2D eigenvalue weighted by Crippen LogP contribution is 2.21. The van der Waals surface area contributed by atoms with Crippen LogP contribution in [0.5, 0.6) is 11.5 Å². The van der Waals surface area contributed by atoms with Crippen molar-refractivity contribution in [2.24, 2.45) is 0 Å². The Kier molecular flexibility index (Phi) is 8.09. The number of nitrogens with one attached hydrogen (secondary N) is 2. The molecule has 6 nitrogen and oxygen atoms in total. The van der Waals surface area contributed by atoms with E-state index in [1.807, 2.05) is 42.5 Å². The normalized spacial score (nSPS) is 11.7. The Labute approximate surface area is 165 Å². The number of methoxy groups -OCH3 is 1. The molecule has 0 aliphatic carbocycles. The van der Waals surface area contributed by atoms with Crippen LogP contribution >= 0.6 is 0 Å². The molecule has 2 aromatic rings. The summed E-state index contributed by atoms with van der Waals surface area (Å²) in [5, 5.41) is 0. The van der Waals surface area contributed by atoms with Crippen LogP contribution in [-0.4, -0.2) is 25.5 Å². The van der Waals surface area contributed by atoms with Gasteiger partial charge >= 0.3 is 0 Å². The minimum absolute atomic E-state index is 0.195. The number of benzene rings is 2. The molecule has 0 bridgehead atoms. The monoisotopic (exact) mass is 382 g/mol. The van der Waals surface area contributed by atoms with Crippen LogP contribution in [-0.2, 0) is 9.59 Å². The van der Waals surface area contributed by atoms with Crippen molar-refractivity contribution in [1.29, 1.82) is 0 Å². The molecular weight excluding hydrogens is 356 g/mol. The summed E-state index contributed by atoms with van der Waals surface area (Å²) < 4.78 is 10.6. The number of rotatable bonds is 8. The lowest BCUT2D eigenvalue weighted by Crippen LogP contribution is -2.43. The average Bonchev–Trinajstić information content (AvgIpc) is 2.74. The first-order chi connectivity index (χ1) is 13.5. The molecule has 0 fully saturated rings. The molecule has 0 saturated heterocycles. The maximum absolute atomic E-state index is 11.8. The molecule has 2 aromatic carbocycles. The summed E-state index contributed by atoms with van der Waals surface area (Å²) in [6, 6.07) is 15.0. The summed E-state index contributed by atoms with van der Waals surface area (Å²) >= 11 is 0. The lowest BCUT2D eigenvalue weighted by Gasteiger charge is -2.11. The highest BCUT2D eigenvalue weighted by atomic mass is 16.5. The molecule has 1 unspecified atom stereocenters. The van der Waals surface area contributed by atoms with E-state index in [-0.39, 0.29) is 6.61 Å². The van der Waals surface area contributed by atoms with Gasteiger partial charge in [-0.25, -0.2) is 0 Å². The van der Waals surface area contributed by atoms with Crippen LogP contribution < -0.4 is 20.3 Å². The highest BCUT2D eigenvalue weighted by molar-refractivity contribution is 5.93. The Hall–Kier alpha value is -3.28. The molecule has 0 radical (unpaired) electrons. The summed E-state index contributed by atoms with van der Waals surface area (Å²) in [5.41, 5.74) is 6.61. The topological polar surface area (TPSA) is 76.7 Å². The van der Waals surface area contributed by atoms with E-state index in [0.717, 1.165) is 12.0 Å². The van der Waals surface area contributed by atoms with E-state index >= 15 is 0 Å². The Morgan fingerprint density at radius 1 is 1.07 bits per heavy atom. The van der Waals surface area contributed by atoms with Crippen molar-refractivity contribution in [1.82, 2.24) is 10.9 Å². The predicted octanol–water partition coefficient (Wildman–Crippen LogP) is 3.45. The summed E-state index contributed by atoms with van der Waals surface area (Å²) in [7, 11) is 1.56. The minimum atomic E-state index is -0.461. The third kappa shape index (κ3) is 6.46. The van der Waals surface area contributed by atoms with Gasteiger partial charge in [-0.05, 0) is 42.2 Å². The predicted molar refractivity (Wildman–Crippen MR) is 109 cm³/mol. The lowest BCUT2D eigenvalue weighted by atomic mass is 9.99. The van der Waals surface area contributed by atoms with Gasteiger partial charge in [-0.15, -0.1) is 0 Å². The third-order valence-corrected chi connectivity index (χ3v) is 4.31. The lowest BCUT2D eigenvalue weighted by molar-refractivity contribution is -0.128. The zero-order valence-corrected chi connectivity index (χ0v) is 16.4. The number of para-hydroxylation sites is 1. The zero-order valence-electron chi connectivity index (χ0n) is 16.4. The first-order valence-electron chi connectivity index (χ1n) is 9.16. The van der Waals surface area contributed by atoms with Gasteiger partial charge in [0.05, 0.1) is 7.11 Å². The van der Waals surface area contributed by atoms with Gasteiger partial charge in [0.1, 0.15) is 11.5 Å². The maximum Gasteiger partial charge on any atom is 0.276 e. The second kappa shape index (κ2) is 10.8. The Bertz CT molecular complexity index is 816. The number of amides is 2. The Balaban J connectivity index is 1.76. The van der Waals surface area contributed by atoms with Crippen LogP contribution in [0.15, 0.2) is 54.6 Å².